The van der Waals surface area contributed by atoms with Gasteiger partial charge < -0.3 is 12.7 Å². The van der Waals surface area contributed by atoms with Crippen LogP contribution >= 0.6 is 0 Å². The summed E-state index contributed by atoms with van der Waals surface area (Å²) in [5, 5.41) is 2.41. The van der Waals surface area contributed by atoms with E-state index in [1.54, 1.807) is 0 Å². The zero-order valence-corrected chi connectivity index (χ0v) is 23.4. The van der Waals surface area contributed by atoms with E-state index in [1.165, 1.54) is 10.4 Å². The highest BCUT2D eigenvalue weighted by Crippen LogP contribution is 2.27. The summed E-state index contributed by atoms with van der Waals surface area (Å²) in [5.41, 5.74) is 0. The average Bonchev–Trinajstić information content (AvgIpc) is 2.66. The first kappa shape index (κ1) is 24.5. The second-order valence-corrected chi connectivity index (χ2v) is 26.6. The Morgan fingerprint density at radius 1 is 0.586 bits per heavy atom. The third kappa shape index (κ3) is 7.13. The summed E-state index contributed by atoms with van der Waals surface area (Å²) in [6.07, 6.45) is 0. The molecule has 0 fully saturated rings. The fraction of sp³-hybridized carbons (Fsp3) is 0.455. The van der Waals surface area contributed by atoms with Crippen molar-refractivity contribution >= 4 is 43.9 Å². The minimum atomic E-state index is -2.83. The number of rotatable bonds is 10. The Kier molecular flexibility index (Phi) is 8.05. The molecular weight excluding hydrogens is 425 g/mol. The van der Waals surface area contributed by atoms with Gasteiger partial charge in [0.25, 0.3) is 0 Å². The third-order valence-electron chi connectivity index (χ3n) is 5.06. The monoisotopic (exact) mass is 462 g/mol. The van der Waals surface area contributed by atoms with E-state index < -0.39 is 33.5 Å². The SMILES string of the molecule is CO[Si](C)(C)CC[Si](C)(C)O[Si](O[Si](C)(C)C)(c1ccccc1)c1ccccc1. The maximum Gasteiger partial charge on any atom is 0.386 e. The summed E-state index contributed by atoms with van der Waals surface area (Å²) >= 11 is 0. The van der Waals surface area contributed by atoms with Crippen molar-refractivity contribution in [1.82, 2.24) is 0 Å². The van der Waals surface area contributed by atoms with Gasteiger partial charge in [-0.3, -0.25) is 0 Å². The largest absolute Gasteiger partial charge is 0.430 e. The van der Waals surface area contributed by atoms with Crippen LogP contribution in [0.25, 0.3) is 0 Å². The van der Waals surface area contributed by atoms with Gasteiger partial charge in [0.15, 0.2) is 25.0 Å². The van der Waals surface area contributed by atoms with Crippen LogP contribution < -0.4 is 10.4 Å². The van der Waals surface area contributed by atoms with E-state index >= 15 is 0 Å². The van der Waals surface area contributed by atoms with Gasteiger partial charge >= 0.3 is 8.56 Å². The van der Waals surface area contributed by atoms with E-state index in [-0.39, 0.29) is 0 Å². The van der Waals surface area contributed by atoms with Crippen LogP contribution in [0.2, 0.25) is 57.9 Å². The van der Waals surface area contributed by atoms with Crippen molar-refractivity contribution in [3.63, 3.8) is 0 Å². The molecule has 0 saturated heterocycles. The lowest BCUT2D eigenvalue weighted by Crippen LogP contribution is -2.70. The fourth-order valence-corrected chi connectivity index (χ4v) is 19.3. The molecule has 0 bridgehead atoms. The minimum Gasteiger partial charge on any atom is -0.430 e. The molecule has 0 unspecified atom stereocenters. The molecule has 29 heavy (non-hydrogen) atoms. The number of hydrogen-bond acceptors (Lipinski definition) is 3. The molecule has 2 aromatic rings. The zero-order chi connectivity index (χ0) is 21.8. The second kappa shape index (κ2) is 9.55. The molecule has 3 nitrogen and oxygen atoms in total. The molecule has 2 aromatic carbocycles. The zero-order valence-electron chi connectivity index (χ0n) is 19.4. The van der Waals surface area contributed by atoms with E-state index in [2.05, 4.69) is 106 Å². The average molecular weight is 463 g/mol. The standard InChI is InChI=1S/C22H38O3Si4/c1-23-27(5,6)19-20-28(7,8)25-29(24-26(2,3)4,21-15-11-9-12-16-21)22-17-13-10-14-18-22/h9-18H,19-20H2,1-8H3. The van der Waals surface area contributed by atoms with E-state index in [0.29, 0.717) is 0 Å². The van der Waals surface area contributed by atoms with Crippen LogP contribution in [0.3, 0.4) is 0 Å². The Labute approximate surface area is 182 Å². The highest BCUT2D eigenvalue weighted by Gasteiger charge is 2.49. The smallest absolute Gasteiger partial charge is 0.386 e. The van der Waals surface area contributed by atoms with E-state index in [4.69, 9.17) is 12.7 Å². The first-order chi connectivity index (χ1) is 13.4. The van der Waals surface area contributed by atoms with Crippen LogP contribution in [0.4, 0.5) is 0 Å². The van der Waals surface area contributed by atoms with Crippen molar-refractivity contribution in [2.24, 2.45) is 0 Å². The topological polar surface area (TPSA) is 27.7 Å². The van der Waals surface area contributed by atoms with Crippen LogP contribution in [0.1, 0.15) is 0 Å². The molecule has 160 valence electrons. The van der Waals surface area contributed by atoms with Gasteiger partial charge in [-0.05, 0) is 68.3 Å². The van der Waals surface area contributed by atoms with Gasteiger partial charge in [-0.1, -0.05) is 60.7 Å². The Bertz CT molecular complexity index is 719. The lowest BCUT2D eigenvalue weighted by molar-refractivity contribution is 0.398. The summed E-state index contributed by atoms with van der Waals surface area (Å²) < 4.78 is 20.1. The summed E-state index contributed by atoms with van der Waals surface area (Å²) in [5.74, 6) is 0. The molecule has 2 rings (SSSR count). The summed E-state index contributed by atoms with van der Waals surface area (Å²) in [7, 11) is -6.50. The van der Waals surface area contributed by atoms with Crippen molar-refractivity contribution in [3.05, 3.63) is 60.7 Å². The molecule has 0 aromatic heterocycles. The molecule has 0 spiro atoms. The lowest BCUT2D eigenvalue weighted by atomic mass is 10.4. The van der Waals surface area contributed by atoms with Gasteiger partial charge in [-0.2, -0.15) is 0 Å². The van der Waals surface area contributed by atoms with Gasteiger partial charge in [-0.15, -0.1) is 0 Å². The molecular formula is C22H38O3Si4. The van der Waals surface area contributed by atoms with Crippen molar-refractivity contribution in [3.8, 4) is 0 Å². The van der Waals surface area contributed by atoms with Crippen molar-refractivity contribution in [1.29, 1.82) is 0 Å². The summed E-state index contributed by atoms with van der Waals surface area (Å²) in [6.45, 7) is 16.0. The van der Waals surface area contributed by atoms with Gasteiger partial charge in [0.05, 0.1) is 0 Å². The molecule has 0 heterocycles. The van der Waals surface area contributed by atoms with Gasteiger partial charge in [-0.25, -0.2) is 0 Å². The first-order valence-electron chi connectivity index (χ1n) is 10.5. The van der Waals surface area contributed by atoms with Crippen LogP contribution in [0.15, 0.2) is 60.7 Å². The van der Waals surface area contributed by atoms with Crippen molar-refractivity contribution in [2.45, 2.75) is 57.9 Å². The van der Waals surface area contributed by atoms with Gasteiger partial charge in [0.2, 0.25) is 0 Å². The Morgan fingerprint density at radius 3 is 1.38 bits per heavy atom. The van der Waals surface area contributed by atoms with Crippen molar-refractivity contribution in [2.75, 3.05) is 7.11 Å². The Hall–Kier alpha value is -0.812. The maximum absolute atomic E-state index is 7.27. The summed E-state index contributed by atoms with van der Waals surface area (Å²) in [4.78, 5) is 0. The predicted molar refractivity (Wildman–Crippen MR) is 135 cm³/mol. The maximum atomic E-state index is 7.27. The molecule has 0 atom stereocenters. The van der Waals surface area contributed by atoms with Gasteiger partial charge in [0.1, 0.15) is 0 Å². The van der Waals surface area contributed by atoms with E-state index in [9.17, 15) is 0 Å². The minimum absolute atomic E-state index is 1.09. The molecule has 7 heteroatoms. The molecule has 0 aliphatic carbocycles. The highest BCUT2D eigenvalue weighted by atomic mass is 28.5. The van der Waals surface area contributed by atoms with Gasteiger partial charge in [0, 0.05) is 7.11 Å². The van der Waals surface area contributed by atoms with Crippen LogP contribution in [0.5, 0.6) is 0 Å². The quantitative estimate of drug-likeness (QED) is 0.456. The predicted octanol–water partition coefficient (Wildman–Crippen LogP) is 5.17. The number of hydrogen-bond donors (Lipinski definition) is 0. The summed E-state index contributed by atoms with van der Waals surface area (Å²) in [6, 6.07) is 23.5. The normalized spacial score (nSPS) is 13.5. The second-order valence-electron chi connectivity index (χ2n) is 9.89. The molecule has 0 saturated carbocycles. The van der Waals surface area contributed by atoms with E-state index in [0.717, 1.165) is 12.1 Å². The highest BCUT2D eigenvalue weighted by molar-refractivity contribution is 7.02. The molecule has 0 aliphatic heterocycles. The fourth-order valence-electron chi connectivity index (χ4n) is 3.31. The Balaban J connectivity index is 2.53. The Morgan fingerprint density at radius 2 is 1.00 bits per heavy atom. The van der Waals surface area contributed by atoms with Crippen LogP contribution in [-0.4, -0.2) is 40.6 Å². The molecule has 0 radical (unpaired) electrons. The van der Waals surface area contributed by atoms with Crippen molar-refractivity contribution < 1.29 is 12.7 Å². The number of benzene rings is 2. The van der Waals surface area contributed by atoms with Crippen LogP contribution in [-0.2, 0) is 12.7 Å². The van der Waals surface area contributed by atoms with Crippen LogP contribution in [0, 0.1) is 0 Å². The molecule has 0 amide bonds. The third-order valence-corrected chi connectivity index (χ3v) is 18.7. The van der Waals surface area contributed by atoms with E-state index in [1.807, 2.05) is 7.11 Å². The first-order valence-corrected chi connectivity index (χ1v) is 21.9. The molecule has 0 N–H and O–H groups in total. The lowest BCUT2D eigenvalue weighted by Gasteiger charge is -2.42. The molecule has 0 aliphatic rings.